The predicted octanol–water partition coefficient (Wildman–Crippen LogP) is 3.41. The first-order chi connectivity index (χ1) is 11.4. The third-order valence-corrected chi connectivity index (χ3v) is 5.82. The van der Waals surface area contributed by atoms with Crippen molar-refractivity contribution in [3.8, 4) is 0 Å². The highest BCUT2D eigenvalue weighted by molar-refractivity contribution is 7.92. The molecule has 0 spiro atoms. The molecule has 24 heavy (non-hydrogen) atoms. The van der Waals surface area contributed by atoms with Crippen LogP contribution in [0, 0.1) is 5.82 Å². The van der Waals surface area contributed by atoms with Gasteiger partial charge in [-0.05, 0) is 36.8 Å². The number of aromatic nitrogens is 1. The zero-order valence-corrected chi connectivity index (χ0v) is 14.5. The molecule has 0 radical (unpaired) electrons. The van der Waals surface area contributed by atoms with Crippen LogP contribution >= 0.6 is 11.3 Å². The number of nitrogens with zero attached hydrogens (tertiary/aromatic N) is 1. The molecule has 0 bridgehead atoms. The van der Waals surface area contributed by atoms with Crippen LogP contribution in [0.3, 0.4) is 0 Å². The Morgan fingerprint density at radius 1 is 1.21 bits per heavy atom. The third-order valence-electron chi connectivity index (χ3n) is 3.52. The Morgan fingerprint density at radius 2 is 1.96 bits per heavy atom. The van der Waals surface area contributed by atoms with Gasteiger partial charge in [-0.2, -0.15) is 0 Å². The van der Waals surface area contributed by atoms with Crippen molar-refractivity contribution in [2.75, 3.05) is 4.72 Å². The number of sulfonamides is 1. The molecule has 0 unspecified atom stereocenters. The maximum Gasteiger partial charge on any atom is 0.308 e. The Kier molecular flexibility index (Phi) is 4.42. The average Bonchev–Trinajstić information content (AvgIpc) is 2.85. The molecule has 0 atom stereocenters. The number of thiazole rings is 1. The van der Waals surface area contributed by atoms with E-state index in [-0.39, 0.29) is 15.5 Å². The van der Waals surface area contributed by atoms with E-state index in [1.165, 1.54) is 30.3 Å². The zero-order chi connectivity index (χ0) is 17.3. The van der Waals surface area contributed by atoms with Crippen molar-refractivity contribution < 1.29 is 12.8 Å². The molecule has 0 amide bonds. The van der Waals surface area contributed by atoms with E-state index in [9.17, 15) is 17.6 Å². The van der Waals surface area contributed by atoms with Crippen LogP contribution in [-0.2, 0) is 16.6 Å². The van der Waals surface area contributed by atoms with Crippen LogP contribution in [0.25, 0.3) is 10.2 Å². The molecule has 0 aliphatic rings. The van der Waals surface area contributed by atoms with Gasteiger partial charge in [0.15, 0.2) is 0 Å². The summed E-state index contributed by atoms with van der Waals surface area (Å²) in [6.45, 7) is 2.55. The van der Waals surface area contributed by atoms with Crippen LogP contribution in [0.1, 0.15) is 13.3 Å². The molecule has 0 saturated carbocycles. The molecule has 1 N–H and O–H groups in total. The van der Waals surface area contributed by atoms with Crippen molar-refractivity contribution in [3.05, 3.63) is 57.9 Å². The minimum absolute atomic E-state index is 0.0110. The van der Waals surface area contributed by atoms with Crippen LogP contribution in [-0.4, -0.2) is 13.0 Å². The molecule has 0 aliphatic heterocycles. The fourth-order valence-corrected chi connectivity index (χ4v) is 4.52. The summed E-state index contributed by atoms with van der Waals surface area (Å²) in [5.74, 6) is -0.652. The van der Waals surface area contributed by atoms with Gasteiger partial charge in [0.05, 0.1) is 20.8 Å². The SMILES string of the molecule is CCCn1c(=O)sc2cc(S(=O)(=O)Nc3ccccc3F)ccc21. The molecule has 1 aromatic heterocycles. The summed E-state index contributed by atoms with van der Waals surface area (Å²) in [5, 5.41) is 0. The Bertz CT molecular complexity index is 1050. The number of hydrogen-bond donors (Lipinski definition) is 1. The van der Waals surface area contributed by atoms with Gasteiger partial charge in [-0.1, -0.05) is 30.4 Å². The van der Waals surface area contributed by atoms with E-state index in [2.05, 4.69) is 4.72 Å². The smallest absolute Gasteiger partial charge is 0.299 e. The highest BCUT2D eigenvalue weighted by atomic mass is 32.2. The van der Waals surface area contributed by atoms with E-state index < -0.39 is 15.8 Å². The second-order valence-corrected chi connectivity index (χ2v) is 7.91. The molecule has 0 fully saturated rings. The van der Waals surface area contributed by atoms with Crippen LogP contribution in [0.5, 0.6) is 0 Å². The normalized spacial score (nSPS) is 11.8. The number of hydrogen-bond acceptors (Lipinski definition) is 4. The Hall–Kier alpha value is -2.19. The summed E-state index contributed by atoms with van der Waals surface area (Å²) >= 11 is 1.000. The minimum atomic E-state index is -3.94. The van der Waals surface area contributed by atoms with Crippen molar-refractivity contribution >= 4 is 37.3 Å². The molecular weight excluding hydrogens is 351 g/mol. The van der Waals surface area contributed by atoms with E-state index in [1.807, 2.05) is 6.92 Å². The molecule has 3 aromatic rings. The van der Waals surface area contributed by atoms with Crippen molar-refractivity contribution in [2.24, 2.45) is 0 Å². The van der Waals surface area contributed by atoms with Crippen molar-refractivity contribution in [1.29, 1.82) is 0 Å². The standard InChI is InChI=1S/C16H15FN2O3S2/c1-2-9-19-14-8-7-11(10-15(14)23-16(19)20)24(21,22)18-13-6-4-3-5-12(13)17/h3-8,10,18H,2,9H2,1H3. The van der Waals surface area contributed by atoms with Crippen molar-refractivity contribution in [1.82, 2.24) is 4.57 Å². The fraction of sp³-hybridized carbons (Fsp3) is 0.188. The number of para-hydroxylation sites is 1. The molecule has 8 heteroatoms. The number of halogens is 1. The van der Waals surface area contributed by atoms with Crippen LogP contribution in [0.15, 0.2) is 52.2 Å². The lowest BCUT2D eigenvalue weighted by Crippen LogP contribution is -2.14. The molecule has 3 rings (SSSR count). The van der Waals surface area contributed by atoms with Gasteiger partial charge >= 0.3 is 4.87 Å². The first-order valence-corrected chi connectivity index (χ1v) is 9.63. The summed E-state index contributed by atoms with van der Waals surface area (Å²) in [5.41, 5.74) is 0.589. The first-order valence-electron chi connectivity index (χ1n) is 7.33. The highest BCUT2D eigenvalue weighted by Gasteiger charge is 2.18. The first kappa shape index (κ1) is 16.7. The van der Waals surface area contributed by atoms with E-state index in [0.29, 0.717) is 16.8 Å². The summed E-state index contributed by atoms with van der Waals surface area (Å²) in [7, 11) is -3.94. The molecule has 2 aromatic carbocycles. The maximum absolute atomic E-state index is 13.7. The molecule has 5 nitrogen and oxygen atoms in total. The molecular formula is C16H15FN2O3S2. The lowest BCUT2D eigenvalue weighted by atomic mass is 10.3. The zero-order valence-electron chi connectivity index (χ0n) is 12.8. The fourth-order valence-electron chi connectivity index (χ4n) is 2.40. The third kappa shape index (κ3) is 3.07. The second-order valence-electron chi connectivity index (χ2n) is 5.23. The molecule has 0 aliphatic carbocycles. The number of fused-ring (bicyclic) bond motifs is 1. The van der Waals surface area contributed by atoms with Crippen molar-refractivity contribution in [2.45, 2.75) is 24.8 Å². The minimum Gasteiger partial charge on any atom is -0.299 e. The lowest BCUT2D eigenvalue weighted by Gasteiger charge is -2.09. The quantitative estimate of drug-likeness (QED) is 0.752. The Labute approximate surface area is 142 Å². The lowest BCUT2D eigenvalue weighted by molar-refractivity contribution is 0.598. The number of nitrogens with one attached hydrogen (secondary N) is 1. The summed E-state index contributed by atoms with van der Waals surface area (Å²) in [6, 6.07) is 10.0. The van der Waals surface area contributed by atoms with Gasteiger partial charge in [-0.25, -0.2) is 12.8 Å². The van der Waals surface area contributed by atoms with E-state index >= 15 is 0 Å². The van der Waals surface area contributed by atoms with Crippen LogP contribution in [0.4, 0.5) is 10.1 Å². The molecule has 126 valence electrons. The van der Waals surface area contributed by atoms with Crippen LogP contribution < -0.4 is 9.60 Å². The van der Waals surface area contributed by atoms with Gasteiger partial charge in [-0.3, -0.25) is 14.1 Å². The molecule has 1 heterocycles. The van der Waals surface area contributed by atoms with Gasteiger partial charge in [-0.15, -0.1) is 0 Å². The van der Waals surface area contributed by atoms with E-state index in [1.54, 1.807) is 16.7 Å². The number of aryl methyl sites for hydroxylation is 1. The van der Waals surface area contributed by atoms with Crippen LogP contribution in [0.2, 0.25) is 0 Å². The monoisotopic (exact) mass is 366 g/mol. The van der Waals surface area contributed by atoms with E-state index in [0.717, 1.165) is 17.8 Å². The topological polar surface area (TPSA) is 68.2 Å². The summed E-state index contributed by atoms with van der Waals surface area (Å²) in [6.07, 6.45) is 0.806. The van der Waals surface area contributed by atoms with Gasteiger partial charge in [0.25, 0.3) is 10.0 Å². The number of rotatable bonds is 5. The second kappa shape index (κ2) is 6.37. The van der Waals surface area contributed by atoms with Gasteiger partial charge in [0, 0.05) is 6.54 Å². The van der Waals surface area contributed by atoms with Crippen molar-refractivity contribution in [3.63, 3.8) is 0 Å². The molecule has 0 saturated heterocycles. The highest BCUT2D eigenvalue weighted by Crippen LogP contribution is 2.24. The van der Waals surface area contributed by atoms with Gasteiger partial charge < -0.3 is 0 Å². The predicted molar refractivity (Wildman–Crippen MR) is 93.6 cm³/mol. The Balaban J connectivity index is 2.02. The number of benzene rings is 2. The maximum atomic E-state index is 13.7. The van der Waals surface area contributed by atoms with Gasteiger partial charge in [0.2, 0.25) is 0 Å². The summed E-state index contributed by atoms with van der Waals surface area (Å²) < 4.78 is 43.0. The average molecular weight is 366 g/mol. The van der Waals surface area contributed by atoms with Gasteiger partial charge in [0.1, 0.15) is 5.82 Å². The Morgan fingerprint density at radius 3 is 2.67 bits per heavy atom. The summed E-state index contributed by atoms with van der Waals surface area (Å²) in [4.78, 5) is 11.9. The number of anilines is 1. The van der Waals surface area contributed by atoms with E-state index in [4.69, 9.17) is 0 Å². The largest absolute Gasteiger partial charge is 0.308 e.